The number of fused-ring (bicyclic) bond motifs is 3. The second-order valence-corrected chi connectivity index (χ2v) is 7.18. The number of carbonyl (C=O) groups is 1. The lowest BCUT2D eigenvalue weighted by Gasteiger charge is -2.40. The van der Waals surface area contributed by atoms with Gasteiger partial charge in [0.2, 0.25) is 5.89 Å². The molecule has 0 saturated heterocycles. The summed E-state index contributed by atoms with van der Waals surface area (Å²) >= 11 is 0. The maximum atomic E-state index is 12.4. The highest BCUT2D eigenvalue weighted by Gasteiger charge is 2.40. The fourth-order valence-electron chi connectivity index (χ4n) is 4.15. The van der Waals surface area contributed by atoms with Crippen molar-refractivity contribution in [1.29, 1.82) is 0 Å². The molecule has 5 rings (SSSR count). The molecule has 7 nitrogen and oxygen atoms in total. The third kappa shape index (κ3) is 3.34. The fraction of sp³-hybridized carbons (Fsp3) is 0.474. The van der Waals surface area contributed by atoms with Crippen LogP contribution >= 0.6 is 0 Å². The smallest absolute Gasteiger partial charge is 0.309 e. The molecule has 7 heteroatoms. The Morgan fingerprint density at radius 2 is 1.96 bits per heavy atom. The van der Waals surface area contributed by atoms with E-state index in [9.17, 15) is 14.9 Å². The molecule has 3 fully saturated rings. The van der Waals surface area contributed by atoms with Crippen LogP contribution in [0.4, 0.5) is 5.69 Å². The van der Waals surface area contributed by atoms with Gasteiger partial charge in [-0.2, -0.15) is 0 Å². The number of non-ortho nitro benzene ring substituents is 1. The summed E-state index contributed by atoms with van der Waals surface area (Å²) in [6.07, 6.45) is 7.18. The van der Waals surface area contributed by atoms with Crippen LogP contribution < -0.4 is 0 Å². The molecular weight excluding hydrogens is 336 g/mol. The quantitative estimate of drug-likeness (QED) is 0.454. The van der Waals surface area contributed by atoms with Gasteiger partial charge in [-0.25, -0.2) is 4.98 Å². The van der Waals surface area contributed by atoms with Crippen LogP contribution in [-0.2, 0) is 16.1 Å². The van der Waals surface area contributed by atoms with E-state index in [0.29, 0.717) is 29.0 Å². The Hall–Kier alpha value is -2.70. The summed E-state index contributed by atoms with van der Waals surface area (Å²) in [5.41, 5.74) is 1.18. The lowest BCUT2D eigenvalue weighted by atomic mass is 9.65. The monoisotopic (exact) mass is 356 g/mol. The number of hydrogen-bond donors (Lipinski definition) is 0. The minimum Gasteiger partial charge on any atom is -0.459 e. The summed E-state index contributed by atoms with van der Waals surface area (Å²) < 4.78 is 10.9. The van der Waals surface area contributed by atoms with Crippen molar-refractivity contribution in [2.45, 2.75) is 38.7 Å². The number of benzene rings is 1. The molecule has 136 valence electrons. The Kier molecular flexibility index (Phi) is 4.44. The number of rotatable bonds is 5. The first-order chi connectivity index (χ1) is 12.6. The van der Waals surface area contributed by atoms with Crippen LogP contribution in [0.1, 0.15) is 37.8 Å². The summed E-state index contributed by atoms with van der Waals surface area (Å²) in [5.74, 6) is 1.41. The van der Waals surface area contributed by atoms with Crippen LogP contribution in [0.15, 0.2) is 34.9 Å². The van der Waals surface area contributed by atoms with E-state index in [4.69, 9.17) is 9.15 Å². The number of oxazole rings is 1. The van der Waals surface area contributed by atoms with Crippen molar-refractivity contribution in [3.05, 3.63) is 46.3 Å². The van der Waals surface area contributed by atoms with Gasteiger partial charge in [0.25, 0.3) is 5.69 Å². The predicted octanol–water partition coefficient (Wildman–Crippen LogP) is 4.12. The Morgan fingerprint density at radius 3 is 2.58 bits per heavy atom. The zero-order valence-electron chi connectivity index (χ0n) is 14.3. The van der Waals surface area contributed by atoms with Gasteiger partial charge in [-0.3, -0.25) is 14.9 Å². The highest BCUT2D eigenvalue weighted by Crippen LogP contribution is 2.45. The van der Waals surface area contributed by atoms with E-state index < -0.39 is 4.92 Å². The van der Waals surface area contributed by atoms with Gasteiger partial charge < -0.3 is 9.15 Å². The van der Waals surface area contributed by atoms with E-state index in [0.717, 1.165) is 19.3 Å². The largest absolute Gasteiger partial charge is 0.459 e. The number of ether oxygens (including phenoxy) is 1. The molecule has 3 aliphatic rings. The number of hydrogen-bond acceptors (Lipinski definition) is 6. The molecule has 1 unspecified atom stereocenters. The van der Waals surface area contributed by atoms with Gasteiger partial charge in [0.05, 0.1) is 10.8 Å². The lowest BCUT2D eigenvalue weighted by molar-refractivity contribution is -0.384. The summed E-state index contributed by atoms with van der Waals surface area (Å²) in [5, 5.41) is 10.7. The first-order valence-corrected chi connectivity index (χ1v) is 8.96. The molecule has 1 aromatic carbocycles. The summed E-state index contributed by atoms with van der Waals surface area (Å²) in [7, 11) is 0. The average Bonchev–Trinajstić information content (AvgIpc) is 3.16. The highest BCUT2D eigenvalue weighted by atomic mass is 16.6. The van der Waals surface area contributed by atoms with Crippen molar-refractivity contribution in [2.24, 2.45) is 17.8 Å². The Morgan fingerprint density at radius 1 is 1.23 bits per heavy atom. The maximum absolute atomic E-state index is 12.4. The van der Waals surface area contributed by atoms with Crippen molar-refractivity contribution in [1.82, 2.24) is 4.98 Å². The number of nitrogens with zero attached hydrogens (tertiary/aromatic N) is 2. The normalized spacial score (nSPS) is 24.4. The minimum absolute atomic E-state index is 0.0104. The van der Waals surface area contributed by atoms with Crippen LogP contribution in [0.2, 0.25) is 0 Å². The van der Waals surface area contributed by atoms with Gasteiger partial charge in [-0.15, -0.1) is 0 Å². The first-order valence-electron chi connectivity index (χ1n) is 8.96. The number of nitro benzene ring substituents is 1. The van der Waals surface area contributed by atoms with Gasteiger partial charge in [0.1, 0.15) is 18.6 Å². The molecule has 2 aromatic rings. The third-order valence-corrected chi connectivity index (χ3v) is 5.59. The molecule has 0 amide bonds. The maximum Gasteiger partial charge on any atom is 0.309 e. The Balaban J connectivity index is 1.36. The van der Waals surface area contributed by atoms with Crippen molar-refractivity contribution in [2.75, 3.05) is 0 Å². The van der Waals surface area contributed by atoms with Crippen LogP contribution in [-0.4, -0.2) is 15.9 Å². The van der Waals surface area contributed by atoms with E-state index in [1.54, 1.807) is 12.1 Å². The van der Waals surface area contributed by atoms with Crippen LogP contribution in [0.25, 0.3) is 11.5 Å². The Labute approximate surface area is 150 Å². The standard InChI is InChI=1S/C19H20N2O5/c22-19(17-9-12-1-3-13(17)4-2-12)26-11-15-10-25-18(20-15)14-5-7-16(8-6-14)21(23)24/h5-8,10,12-13,17H,1-4,9,11H2. The van der Waals surface area contributed by atoms with E-state index in [-0.39, 0.29) is 24.2 Å². The molecule has 0 N–H and O–H groups in total. The van der Waals surface area contributed by atoms with E-state index in [1.165, 1.54) is 31.2 Å². The number of esters is 1. The average molecular weight is 356 g/mol. The lowest BCUT2D eigenvalue weighted by Crippen LogP contribution is -2.36. The minimum atomic E-state index is -0.456. The molecule has 1 heterocycles. The predicted molar refractivity (Wildman–Crippen MR) is 91.9 cm³/mol. The van der Waals surface area contributed by atoms with Gasteiger partial charge in [-0.1, -0.05) is 12.8 Å². The second kappa shape index (κ2) is 6.90. The fourth-order valence-corrected chi connectivity index (χ4v) is 4.15. The summed E-state index contributed by atoms with van der Waals surface area (Å²) in [6.45, 7) is 0.0865. The van der Waals surface area contributed by atoms with Crippen molar-refractivity contribution in [3.63, 3.8) is 0 Å². The van der Waals surface area contributed by atoms with Crippen LogP contribution in [0.5, 0.6) is 0 Å². The molecule has 0 radical (unpaired) electrons. The topological polar surface area (TPSA) is 95.5 Å². The van der Waals surface area contributed by atoms with Crippen molar-refractivity contribution >= 4 is 11.7 Å². The van der Waals surface area contributed by atoms with E-state index in [2.05, 4.69) is 4.98 Å². The molecule has 1 atom stereocenters. The zero-order valence-corrected chi connectivity index (χ0v) is 14.3. The molecule has 26 heavy (non-hydrogen) atoms. The van der Waals surface area contributed by atoms with Gasteiger partial charge in [0, 0.05) is 17.7 Å². The van der Waals surface area contributed by atoms with Crippen molar-refractivity contribution < 1.29 is 18.9 Å². The van der Waals surface area contributed by atoms with Crippen LogP contribution in [0, 0.1) is 27.9 Å². The number of nitro groups is 1. The molecule has 0 spiro atoms. The highest BCUT2D eigenvalue weighted by molar-refractivity contribution is 5.73. The molecule has 2 bridgehead atoms. The number of aromatic nitrogens is 1. The molecular formula is C19H20N2O5. The first kappa shape index (κ1) is 16.8. The van der Waals surface area contributed by atoms with Crippen molar-refractivity contribution in [3.8, 4) is 11.5 Å². The SMILES string of the molecule is O=C(OCc1coc(-c2ccc([N+](=O)[O-])cc2)n1)C1CC2CCC1CC2. The van der Waals surface area contributed by atoms with E-state index >= 15 is 0 Å². The zero-order chi connectivity index (χ0) is 18.1. The van der Waals surface area contributed by atoms with Gasteiger partial charge in [-0.05, 0) is 43.2 Å². The molecule has 3 aliphatic carbocycles. The molecule has 3 saturated carbocycles. The van der Waals surface area contributed by atoms with E-state index in [1.807, 2.05) is 0 Å². The third-order valence-electron chi connectivity index (χ3n) is 5.59. The van der Waals surface area contributed by atoms with Gasteiger partial charge >= 0.3 is 5.97 Å². The van der Waals surface area contributed by atoms with Gasteiger partial charge in [0.15, 0.2) is 0 Å². The molecule has 1 aromatic heterocycles. The summed E-state index contributed by atoms with van der Waals surface area (Å²) in [4.78, 5) is 26.9. The van der Waals surface area contributed by atoms with Crippen LogP contribution in [0.3, 0.4) is 0 Å². The molecule has 0 aliphatic heterocycles. The second-order valence-electron chi connectivity index (χ2n) is 7.18. The number of carbonyl (C=O) groups excluding carboxylic acids is 1. The Bertz CT molecular complexity index is 806. The summed E-state index contributed by atoms with van der Waals surface area (Å²) in [6, 6.07) is 5.96.